The van der Waals surface area contributed by atoms with Gasteiger partial charge in [0.25, 0.3) is 5.91 Å². The minimum absolute atomic E-state index is 0.211. The Morgan fingerprint density at radius 1 is 1.38 bits per heavy atom. The van der Waals surface area contributed by atoms with Crippen LogP contribution in [0.25, 0.3) is 10.8 Å². The zero-order valence-electron chi connectivity index (χ0n) is 12.1. The second-order valence-electron chi connectivity index (χ2n) is 5.51. The van der Waals surface area contributed by atoms with E-state index in [1.807, 2.05) is 38.1 Å². The Bertz CT molecular complexity index is 643. The molecule has 2 aromatic rings. The highest BCUT2D eigenvalue weighted by Gasteiger charge is 2.13. The number of fused-ring (bicyclic) bond motifs is 1. The van der Waals surface area contributed by atoms with Gasteiger partial charge in [0.2, 0.25) is 0 Å². The highest BCUT2D eigenvalue weighted by Crippen LogP contribution is 2.22. The number of benzene rings is 1. The van der Waals surface area contributed by atoms with Crippen molar-refractivity contribution < 1.29 is 9.90 Å². The van der Waals surface area contributed by atoms with Crippen LogP contribution in [0.5, 0.6) is 0 Å². The summed E-state index contributed by atoms with van der Waals surface area (Å²) in [5, 5.41) is 14.5. The Morgan fingerprint density at radius 2 is 2.10 bits per heavy atom. The fourth-order valence-electron chi connectivity index (χ4n) is 2.20. The molecule has 1 atom stereocenters. The molecule has 2 N–H and O–H groups in total. The van der Waals surface area contributed by atoms with Gasteiger partial charge >= 0.3 is 0 Å². The first-order chi connectivity index (χ1) is 9.97. The zero-order chi connectivity index (χ0) is 15.4. The molecule has 21 heavy (non-hydrogen) atoms. The summed E-state index contributed by atoms with van der Waals surface area (Å²) in [5.74, 6) is 0.0515. The summed E-state index contributed by atoms with van der Waals surface area (Å²) in [7, 11) is 0. The number of rotatable bonds is 5. The lowest BCUT2D eigenvalue weighted by Crippen LogP contribution is -2.33. The van der Waals surface area contributed by atoms with Gasteiger partial charge in [-0.1, -0.05) is 49.7 Å². The smallest absolute Gasteiger partial charge is 0.270 e. The maximum absolute atomic E-state index is 12.1. The molecule has 0 spiro atoms. The lowest BCUT2D eigenvalue weighted by atomic mass is 10.1. The Morgan fingerprint density at radius 3 is 2.81 bits per heavy atom. The molecular weight excluding hydrogens is 288 g/mol. The predicted octanol–water partition coefficient (Wildman–Crippen LogP) is 3.03. The van der Waals surface area contributed by atoms with E-state index in [9.17, 15) is 9.90 Å². The lowest BCUT2D eigenvalue weighted by molar-refractivity contribution is 0.0895. The first-order valence-electron chi connectivity index (χ1n) is 6.99. The van der Waals surface area contributed by atoms with Gasteiger partial charge in [0.1, 0.15) is 10.8 Å². The van der Waals surface area contributed by atoms with Gasteiger partial charge in [-0.05, 0) is 23.8 Å². The van der Waals surface area contributed by atoms with Crippen molar-refractivity contribution in [2.24, 2.45) is 5.92 Å². The van der Waals surface area contributed by atoms with Gasteiger partial charge in [-0.3, -0.25) is 4.79 Å². The Hall–Kier alpha value is -1.65. The van der Waals surface area contributed by atoms with Crippen LogP contribution in [0, 0.1) is 5.92 Å². The van der Waals surface area contributed by atoms with Gasteiger partial charge in [-0.15, -0.1) is 0 Å². The molecule has 0 radical (unpaired) electrons. The highest BCUT2D eigenvalue weighted by molar-refractivity contribution is 6.34. The van der Waals surface area contributed by atoms with E-state index in [0.717, 1.165) is 10.8 Å². The van der Waals surface area contributed by atoms with E-state index in [1.54, 1.807) is 6.07 Å². The Balaban J connectivity index is 2.09. The molecule has 1 unspecified atom stereocenters. The summed E-state index contributed by atoms with van der Waals surface area (Å²) >= 11 is 6.10. The van der Waals surface area contributed by atoms with Crippen molar-refractivity contribution >= 4 is 28.3 Å². The standard InChI is InChI=1S/C16H19ClN2O2/c1-10(2)7-12(20)9-18-16(21)14-8-11-5-3-4-6-13(11)15(17)19-14/h3-6,8,10,12,20H,7,9H2,1-2H3,(H,18,21). The number of halogens is 1. The monoisotopic (exact) mass is 306 g/mol. The van der Waals surface area contributed by atoms with Crippen LogP contribution in [0.2, 0.25) is 5.15 Å². The highest BCUT2D eigenvalue weighted by atomic mass is 35.5. The number of aromatic nitrogens is 1. The van der Waals surface area contributed by atoms with Crippen molar-refractivity contribution in [3.63, 3.8) is 0 Å². The van der Waals surface area contributed by atoms with Gasteiger partial charge in [0.05, 0.1) is 6.10 Å². The number of aliphatic hydroxyl groups excluding tert-OH is 1. The van der Waals surface area contributed by atoms with E-state index in [4.69, 9.17) is 11.6 Å². The van der Waals surface area contributed by atoms with Crippen molar-refractivity contribution in [3.8, 4) is 0 Å². The van der Waals surface area contributed by atoms with E-state index in [0.29, 0.717) is 17.5 Å². The average Bonchev–Trinajstić information content (AvgIpc) is 2.44. The third-order valence-electron chi connectivity index (χ3n) is 3.17. The molecule has 2 rings (SSSR count). The van der Waals surface area contributed by atoms with Crippen LogP contribution >= 0.6 is 11.6 Å². The van der Waals surface area contributed by atoms with E-state index < -0.39 is 6.10 Å². The van der Waals surface area contributed by atoms with E-state index in [1.165, 1.54) is 0 Å². The van der Waals surface area contributed by atoms with Gasteiger partial charge in [-0.2, -0.15) is 0 Å². The lowest BCUT2D eigenvalue weighted by Gasteiger charge is -2.13. The molecule has 4 nitrogen and oxygen atoms in total. The summed E-state index contributed by atoms with van der Waals surface area (Å²) in [6, 6.07) is 9.20. The third-order valence-corrected chi connectivity index (χ3v) is 3.46. The summed E-state index contributed by atoms with van der Waals surface area (Å²) in [6.07, 6.45) is 0.0940. The van der Waals surface area contributed by atoms with Crippen LogP contribution in [0.1, 0.15) is 30.8 Å². The maximum Gasteiger partial charge on any atom is 0.270 e. The number of hydrogen-bond acceptors (Lipinski definition) is 3. The largest absolute Gasteiger partial charge is 0.391 e. The average molecular weight is 307 g/mol. The second-order valence-corrected chi connectivity index (χ2v) is 5.87. The van der Waals surface area contributed by atoms with Crippen LogP contribution in [0.15, 0.2) is 30.3 Å². The molecule has 0 saturated heterocycles. The molecule has 0 aliphatic carbocycles. The summed E-state index contributed by atoms with van der Waals surface area (Å²) in [5.41, 5.74) is 0.260. The first kappa shape index (κ1) is 15.7. The predicted molar refractivity (Wildman–Crippen MR) is 84.5 cm³/mol. The third kappa shape index (κ3) is 4.16. The number of pyridine rings is 1. The summed E-state index contributed by atoms with van der Waals surface area (Å²) in [6.45, 7) is 4.26. The van der Waals surface area contributed by atoms with Gasteiger partial charge in [0.15, 0.2) is 0 Å². The van der Waals surface area contributed by atoms with Crippen LogP contribution in [0.3, 0.4) is 0 Å². The van der Waals surface area contributed by atoms with Crippen molar-refractivity contribution in [2.45, 2.75) is 26.4 Å². The molecule has 0 aliphatic rings. The van der Waals surface area contributed by atoms with Gasteiger partial charge < -0.3 is 10.4 Å². The second kappa shape index (κ2) is 6.87. The van der Waals surface area contributed by atoms with E-state index >= 15 is 0 Å². The van der Waals surface area contributed by atoms with Crippen LogP contribution in [-0.4, -0.2) is 28.6 Å². The van der Waals surface area contributed by atoms with E-state index in [-0.39, 0.29) is 18.1 Å². The Labute approximate surface area is 129 Å². The molecule has 1 aromatic carbocycles. The molecular formula is C16H19ClN2O2. The number of aliphatic hydroxyl groups is 1. The number of carbonyl (C=O) groups is 1. The van der Waals surface area contributed by atoms with Gasteiger partial charge in [-0.25, -0.2) is 4.98 Å². The number of nitrogens with one attached hydrogen (secondary N) is 1. The van der Waals surface area contributed by atoms with E-state index in [2.05, 4.69) is 10.3 Å². The molecule has 0 bridgehead atoms. The quantitative estimate of drug-likeness (QED) is 0.835. The molecule has 112 valence electrons. The SMILES string of the molecule is CC(C)CC(O)CNC(=O)c1cc2ccccc2c(Cl)n1. The normalized spacial score (nSPS) is 12.6. The molecule has 1 aromatic heterocycles. The zero-order valence-corrected chi connectivity index (χ0v) is 12.9. The molecule has 5 heteroatoms. The van der Waals surface area contributed by atoms with Crippen molar-refractivity contribution in [1.29, 1.82) is 0 Å². The van der Waals surface area contributed by atoms with Crippen LogP contribution in [-0.2, 0) is 0 Å². The Kier molecular flexibility index (Phi) is 5.15. The molecule has 0 fully saturated rings. The maximum atomic E-state index is 12.1. The number of amides is 1. The molecule has 1 amide bonds. The first-order valence-corrected chi connectivity index (χ1v) is 7.36. The molecule has 0 aliphatic heterocycles. The van der Waals surface area contributed by atoms with Crippen molar-refractivity contribution in [1.82, 2.24) is 10.3 Å². The van der Waals surface area contributed by atoms with Crippen LogP contribution < -0.4 is 5.32 Å². The molecule has 1 heterocycles. The molecule has 0 saturated carbocycles. The summed E-state index contributed by atoms with van der Waals surface area (Å²) < 4.78 is 0. The van der Waals surface area contributed by atoms with Crippen LogP contribution in [0.4, 0.5) is 0 Å². The number of hydrogen-bond donors (Lipinski definition) is 2. The van der Waals surface area contributed by atoms with Crippen molar-refractivity contribution in [3.05, 3.63) is 41.2 Å². The minimum atomic E-state index is -0.551. The number of nitrogens with zero attached hydrogens (tertiary/aromatic N) is 1. The minimum Gasteiger partial charge on any atom is -0.391 e. The summed E-state index contributed by atoms with van der Waals surface area (Å²) in [4.78, 5) is 16.2. The number of carbonyl (C=O) groups excluding carboxylic acids is 1. The fraction of sp³-hybridized carbons (Fsp3) is 0.375. The topological polar surface area (TPSA) is 62.2 Å². The van der Waals surface area contributed by atoms with Gasteiger partial charge in [0, 0.05) is 11.9 Å². The fourth-order valence-corrected chi connectivity index (χ4v) is 2.46. The van der Waals surface area contributed by atoms with Crippen molar-refractivity contribution in [2.75, 3.05) is 6.54 Å².